The molecule has 0 bridgehead atoms. The molecule has 0 saturated heterocycles. The smallest absolute Gasteiger partial charge is 0.268 e. The molecule has 4 rings (SSSR count). The first-order valence-electron chi connectivity index (χ1n) is 8.50. The molecule has 0 aromatic carbocycles. The molecule has 25 heavy (non-hydrogen) atoms. The van der Waals surface area contributed by atoms with Crippen LogP contribution in [0.1, 0.15) is 53.4 Å². The van der Waals surface area contributed by atoms with Gasteiger partial charge >= 0.3 is 0 Å². The largest absolute Gasteiger partial charge is 0.304 e. The number of H-pyrrole nitrogens is 1. The van der Waals surface area contributed by atoms with E-state index in [0.717, 1.165) is 16.3 Å². The molecule has 2 N–H and O–H groups in total. The SMILES string of the molecule is Cn1cc(-c2ncc(C(=O)Nc3cc(C4CCCCC4)[nH]n3)s2)cn1. The summed E-state index contributed by atoms with van der Waals surface area (Å²) in [6.45, 7) is 0. The molecule has 1 saturated carbocycles. The van der Waals surface area contributed by atoms with Gasteiger partial charge in [-0.3, -0.25) is 14.6 Å². The minimum Gasteiger partial charge on any atom is -0.304 e. The molecule has 7 nitrogen and oxygen atoms in total. The average Bonchev–Trinajstić information content (AvgIpc) is 3.35. The number of nitrogens with zero attached hydrogens (tertiary/aromatic N) is 4. The number of anilines is 1. The summed E-state index contributed by atoms with van der Waals surface area (Å²) in [4.78, 5) is 17.3. The fourth-order valence-corrected chi connectivity index (χ4v) is 4.03. The van der Waals surface area contributed by atoms with Gasteiger partial charge in [0.25, 0.3) is 5.91 Å². The van der Waals surface area contributed by atoms with Crippen LogP contribution in [0.2, 0.25) is 0 Å². The Kier molecular flexibility index (Phi) is 4.35. The topological polar surface area (TPSA) is 88.5 Å². The van der Waals surface area contributed by atoms with Crippen molar-refractivity contribution in [1.82, 2.24) is 25.0 Å². The summed E-state index contributed by atoms with van der Waals surface area (Å²) in [6, 6.07) is 1.96. The predicted molar refractivity (Wildman–Crippen MR) is 96.7 cm³/mol. The standard InChI is InChI=1S/C17H20N6OS/c1-23-10-12(8-19-23)17-18-9-14(25-17)16(24)20-15-7-13(21-22-15)11-5-3-2-4-6-11/h7-11H,2-6H2,1H3,(H2,20,21,22,24). The van der Waals surface area contributed by atoms with Crippen molar-refractivity contribution in [1.29, 1.82) is 0 Å². The second kappa shape index (κ2) is 6.79. The Labute approximate surface area is 149 Å². The van der Waals surface area contributed by atoms with Gasteiger partial charge in [-0.15, -0.1) is 11.3 Å². The lowest BCUT2D eigenvalue weighted by molar-refractivity contribution is 0.103. The Morgan fingerprint density at radius 1 is 1.32 bits per heavy atom. The van der Waals surface area contributed by atoms with E-state index >= 15 is 0 Å². The third-order valence-corrected chi connectivity index (χ3v) is 5.61. The van der Waals surface area contributed by atoms with Gasteiger partial charge in [-0.25, -0.2) is 4.98 Å². The summed E-state index contributed by atoms with van der Waals surface area (Å²) in [5.41, 5.74) is 2.03. The number of aromatic amines is 1. The number of aromatic nitrogens is 5. The molecule has 0 radical (unpaired) electrons. The highest BCUT2D eigenvalue weighted by Gasteiger charge is 2.19. The normalized spacial score (nSPS) is 15.4. The highest BCUT2D eigenvalue weighted by atomic mass is 32.1. The molecule has 0 atom stereocenters. The Morgan fingerprint density at radius 2 is 2.16 bits per heavy atom. The van der Waals surface area contributed by atoms with Crippen LogP contribution in [0.5, 0.6) is 0 Å². The van der Waals surface area contributed by atoms with Gasteiger partial charge in [0.1, 0.15) is 9.88 Å². The number of amides is 1. The van der Waals surface area contributed by atoms with Crippen molar-refractivity contribution in [3.63, 3.8) is 0 Å². The van der Waals surface area contributed by atoms with Crippen LogP contribution >= 0.6 is 11.3 Å². The zero-order valence-corrected chi connectivity index (χ0v) is 14.8. The van der Waals surface area contributed by atoms with E-state index in [9.17, 15) is 4.79 Å². The Morgan fingerprint density at radius 3 is 2.92 bits per heavy atom. The van der Waals surface area contributed by atoms with Crippen molar-refractivity contribution in [2.24, 2.45) is 7.05 Å². The molecule has 1 amide bonds. The first-order valence-corrected chi connectivity index (χ1v) is 9.32. The fourth-order valence-electron chi connectivity index (χ4n) is 3.25. The van der Waals surface area contributed by atoms with E-state index in [1.54, 1.807) is 17.1 Å². The van der Waals surface area contributed by atoms with Crippen LogP contribution in [0.4, 0.5) is 5.82 Å². The number of hydrogen-bond acceptors (Lipinski definition) is 5. The Balaban J connectivity index is 1.43. The van der Waals surface area contributed by atoms with Crippen LogP contribution in [0.3, 0.4) is 0 Å². The zero-order chi connectivity index (χ0) is 17.2. The molecule has 0 spiro atoms. The lowest BCUT2D eigenvalue weighted by Crippen LogP contribution is -2.10. The number of thiazole rings is 1. The molecule has 0 unspecified atom stereocenters. The van der Waals surface area contributed by atoms with Gasteiger partial charge in [0.15, 0.2) is 5.82 Å². The van der Waals surface area contributed by atoms with Gasteiger partial charge in [0.05, 0.1) is 12.4 Å². The second-order valence-corrected chi connectivity index (χ2v) is 7.46. The van der Waals surface area contributed by atoms with Crippen LogP contribution in [0.25, 0.3) is 10.6 Å². The maximum absolute atomic E-state index is 12.4. The predicted octanol–water partition coefficient (Wildman–Crippen LogP) is 3.57. The minimum atomic E-state index is -0.186. The highest BCUT2D eigenvalue weighted by molar-refractivity contribution is 7.17. The summed E-state index contributed by atoms with van der Waals surface area (Å²) >= 11 is 1.35. The number of aryl methyl sites for hydroxylation is 1. The van der Waals surface area contributed by atoms with Crippen molar-refractivity contribution in [3.05, 3.63) is 35.2 Å². The van der Waals surface area contributed by atoms with Crippen LogP contribution in [-0.2, 0) is 7.05 Å². The number of carbonyl (C=O) groups is 1. The molecular formula is C17H20N6OS. The molecular weight excluding hydrogens is 336 g/mol. The zero-order valence-electron chi connectivity index (χ0n) is 14.0. The van der Waals surface area contributed by atoms with Crippen LogP contribution in [-0.4, -0.2) is 30.9 Å². The second-order valence-electron chi connectivity index (χ2n) is 6.43. The first kappa shape index (κ1) is 16.0. The van der Waals surface area contributed by atoms with Crippen LogP contribution < -0.4 is 5.32 Å². The molecule has 1 fully saturated rings. The van der Waals surface area contributed by atoms with Crippen molar-refractivity contribution in [3.8, 4) is 10.6 Å². The number of nitrogens with one attached hydrogen (secondary N) is 2. The van der Waals surface area contributed by atoms with Crippen molar-refractivity contribution < 1.29 is 4.79 Å². The molecule has 3 aromatic heterocycles. The minimum absolute atomic E-state index is 0.186. The molecule has 3 heterocycles. The van der Waals surface area contributed by atoms with E-state index in [1.165, 1.54) is 43.4 Å². The van der Waals surface area contributed by atoms with E-state index in [0.29, 0.717) is 16.6 Å². The molecule has 3 aromatic rings. The van der Waals surface area contributed by atoms with E-state index < -0.39 is 0 Å². The van der Waals surface area contributed by atoms with Gasteiger partial charge in [-0.1, -0.05) is 19.3 Å². The maximum Gasteiger partial charge on any atom is 0.268 e. The lowest BCUT2D eigenvalue weighted by atomic mass is 9.87. The van der Waals surface area contributed by atoms with Gasteiger partial charge in [0, 0.05) is 36.5 Å². The molecule has 1 aliphatic rings. The average molecular weight is 356 g/mol. The van der Waals surface area contributed by atoms with Gasteiger partial charge < -0.3 is 5.32 Å². The van der Waals surface area contributed by atoms with Gasteiger partial charge in [-0.2, -0.15) is 10.2 Å². The molecule has 130 valence electrons. The summed E-state index contributed by atoms with van der Waals surface area (Å²) in [5.74, 6) is 0.920. The van der Waals surface area contributed by atoms with Crippen LogP contribution in [0, 0.1) is 0 Å². The van der Waals surface area contributed by atoms with E-state index in [4.69, 9.17) is 0 Å². The van der Waals surface area contributed by atoms with E-state index in [1.807, 2.05) is 19.3 Å². The maximum atomic E-state index is 12.4. The highest BCUT2D eigenvalue weighted by Crippen LogP contribution is 2.32. The lowest BCUT2D eigenvalue weighted by Gasteiger charge is -2.19. The summed E-state index contributed by atoms with van der Waals surface area (Å²) in [7, 11) is 1.85. The molecule has 8 heteroatoms. The summed E-state index contributed by atoms with van der Waals surface area (Å²) < 4.78 is 1.72. The third-order valence-electron chi connectivity index (χ3n) is 4.57. The van der Waals surface area contributed by atoms with Crippen molar-refractivity contribution in [2.45, 2.75) is 38.0 Å². The monoisotopic (exact) mass is 356 g/mol. The fraction of sp³-hybridized carbons (Fsp3) is 0.412. The van der Waals surface area contributed by atoms with E-state index in [2.05, 4.69) is 25.6 Å². The summed E-state index contributed by atoms with van der Waals surface area (Å²) in [6.07, 6.45) is 11.5. The third kappa shape index (κ3) is 3.48. The van der Waals surface area contributed by atoms with E-state index in [-0.39, 0.29) is 5.91 Å². The summed E-state index contributed by atoms with van der Waals surface area (Å²) in [5, 5.41) is 15.1. The quantitative estimate of drug-likeness (QED) is 0.748. The number of hydrogen-bond donors (Lipinski definition) is 2. The molecule has 0 aliphatic heterocycles. The van der Waals surface area contributed by atoms with Gasteiger partial charge in [-0.05, 0) is 12.8 Å². The van der Waals surface area contributed by atoms with Crippen molar-refractivity contribution >= 4 is 23.1 Å². The molecule has 1 aliphatic carbocycles. The Bertz CT molecular complexity index is 873. The first-order chi connectivity index (χ1) is 12.2. The van der Waals surface area contributed by atoms with Gasteiger partial charge in [0.2, 0.25) is 0 Å². The number of rotatable bonds is 4. The van der Waals surface area contributed by atoms with Crippen molar-refractivity contribution in [2.75, 3.05) is 5.32 Å². The Hall–Kier alpha value is -2.48. The number of carbonyl (C=O) groups excluding carboxylic acids is 1. The van der Waals surface area contributed by atoms with Crippen LogP contribution in [0.15, 0.2) is 24.7 Å².